The lowest BCUT2D eigenvalue weighted by molar-refractivity contribution is -0.162. The Balaban J connectivity index is 3.61. The van der Waals surface area contributed by atoms with Gasteiger partial charge in [0.25, 0.3) is 6.43 Å². The van der Waals surface area contributed by atoms with Crippen LogP contribution in [-0.2, 0) is 12.4 Å². The molecular weight excluding hydrogens is 264 g/mol. The first kappa shape index (κ1) is 13.8. The normalized spacial score (nSPS) is 13.5. The third-order valence-electron chi connectivity index (χ3n) is 1.88. The zero-order chi connectivity index (χ0) is 13.6. The highest BCUT2D eigenvalue weighted by molar-refractivity contribution is 5.38. The van der Waals surface area contributed by atoms with Gasteiger partial charge in [0.2, 0.25) is 0 Å². The van der Waals surface area contributed by atoms with E-state index in [1.807, 2.05) is 0 Å². The van der Waals surface area contributed by atoms with E-state index in [0.29, 0.717) is 6.92 Å². The minimum absolute atomic E-state index is 0.546. The lowest BCUT2D eigenvalue weighted by Gasteiger charge is -2.11. The van der Waals surface area contributed by atoms with Crippen LogP contribution in [0.15, 0.2) is 4.42 Å². The van der Waals surface area contributed by atoms with E-state index in [0.717, 1.165) is 0 Å². The summed E-state index contributed by atoms with van der Waals surface area (Å²) in [7, 11) is 0. The van der Waals surface area contributed by atoms with E-state index >= 15 is 0 Å². The third kappa shape index (κ3) is 2.52. The van der Waals surface area contributed by atoms with Crippen LogP contribution in [0.2, 0.25) is 0 Å². The predicted molar refractivity (Wildman–Crippen MR) is 38.4 cm³/mol. The van der Waals surface area contributed by atoms with Crippen LogP contribution in [-0.4, -0.2) is 0 Å². The van der Waals surface area contributed by atoms with Gasteiger partial charge in [0.05, 0.1) is 0 Å². The van der Waals surface area contributed by atoms with Crippen LogP contribution in [0.1, 0.15) is 29.1 Å². The molecule has 0 unspecified atom stereocenters. The van der Waals surface area contributed by atoms with Crippen LogP contribution in [0.5, 0.6) is 0 Å². The van der Waals surface area contributed by atoms with Crippen LogP contribution < -0.4 is 0 Å². The standard InChI is InChI=1S/C8H4F8O/c1-2-3(7(11,12)13)4(8(14,15)16)5(17-2)6(9)10/h6H,1H3. The lowest BCUT2D eigenvalue weighted by atomic mass is 10.1. The van der Waals surface area contributed by atoms with E-state index < -0.39 is 41.4 Å². The van der Waals surface area contributed by atoms with Gasteiger partial charge in [-0.3, -0.25) is 0 Å². The van der Waals surface area contributed by atoms with Crippen molar-refractivity contribution in [3.8, 4) is 0 Å². The largest absolute Gasteiger partial charge is 0.459 e. The number of aryl methyl sites for hydroxylation is 1. The number of halogens is 8. The molecule has 1 aromatic heterocycles. The lowest BCUT2D eigenvalue weighted by Crippen LogP contribution is -2.16. The summed E-state index contributed by atoms with van der Waals surface area (Å²) in [6.07, 6.45) is -14.7. The summed E-state index contributed by atoms with van der Waals surface area (Å²) in [4.78, 5) is 0. The average Bonchev–Trinajstić information content (AvgIpc) is 2.40. The molecule has 0 N–H and O–H groups in total. The van der Waals surface area contributed by atoms with Crippen LogP contribution >= 0.6 is 0 Å². The molecule has 98 valence electrons. The molecule has 0 aliphatic carbocycles. The Labute approximate surface area is 89.0 Å². The summed E-state index contributed by atoms with van der Waals surface area (Å²) in [6, 6.07) is 0. The highest BCUT2D eigenvalue weighted by Crippen LogP contribution is 2.47. The van der Waals surface area contributed by atoms with Crippen molar-refractivity contribution in [2.24, 2.45) is 0 Å². The first-order valence-corrected chi connectivity index (χ1v) is 4.02. The predicted octanol–water partition coefficient (Wildman–Crippen LogP) is 4.56. The van der Waals surface area contributed by atoms with Crippen molar-refractivity contribution < 1.29 is 39.5 Å². The number of furan rings is 1. The van der Waals surface area contributed by atoms with E-state index in [9.17, 15) is 35.1 Å². The number of rotatable bonds is 1. The Morgan fingerprint density at radius 2 is 1.29 bits per heavy atom. The molecule has 0 saturated heterocycles. The fraction of sp³-hybridized carbons (Fsp3) is 0.500. The van der Waals surface area contributed by atoms with Gasteiger partial charge in [-0.15, -0.1) is 0 Å². The Hall–Kier alpha value is -1.28. The van der Waals surface area contributed by atoms with Crippen molar-refractivity contribution in [3.63, 3.8) is 0 Å². The summed E-state index contributed by atoms with van der Waals surface area (Å²) in [5, 5.41) is 0. The molecule has 0 bridgehead atoms. The van der Waals surface area contributed by atoms with Gasteiger partial charge in [0.15, 0.2) is 5.76 Å². The monoisotopic (exact) mass is 268 g/mol. The average molecular weight is 268 g/mol. The summed E-state index contributed by atoms with van der Waals surface area (Å²) >= 11 is 0. The van der Waals surface area contributed by atoms with Crippen molar-refractivity contribution in [3.05, 3.63) is 22.6 Å². The van der Waals surface area contributed by atoms with Gasteiger partial charge in [0, 0.05) is 0 Å². The maximum absolute atomic E-state index is 12.3. The first-order valence-electron chi connectivity index (χ1n) is 4.02. The molecule has 0 spiro atoms. The molecule has 0 amide bonds. The topological polar surface area (TPSA) is 13.1 Å². The zero-order valence-corrected chi connectivity index (χ0v) is 8.01. The van der Waals surface area contributed by atoms with Gasteiger partial charge < -0.3 is 4.42 Å². The number of hydrogen-bond donors (Lipinski definition) is 0. The Morgan fingerprint density at radius 3 is 1.59 bits per heavy atom. The molecule has 1 rings (SSSR count). The molecule has 9 heteroatoms. The SMILES string of the molecule is Cc1oc(C(F)F)c(C(F)(F)F)c1C(F)(F)F. The second-order valence-electron chi connectivity index (χ2n) is 3.07. The van der Waals surface area contributed by atoms with E-state index in [2.05, 4.69) is 4.42 Å². The molecule has 0 aliphatic heterocycles. The summed E-state index contributed by atoms with van der Waals surface area (Å²) in [6.45, 7) is 0.546. The van der Waals surface area contributed by atoms with Crippen molar-refractivity contribution in [1.29, 1.82) is 0 Å². The fourth-order valence-corrected chi connectivity index (χ4v) is 1.34. The van der Waals surface area contributed by atoms with Gasteiger partial charge >= 0.3 is 12.4 Å². The molecular formula is C8H4F8O. The highest BCUT2D eigenvalue weighted by atomic mass is 19.4. The van der Waals surface area contributed by atoms with Gasteiger partial charge in [-0.25, -0.2) is 8.78 Å². The summed E-state index contributed by atoms with van der Waals surface area (Å²) < 4.78 is 102. The molecule has 0 atom stereocenters. The van der Waals surface area contributed by atoms with Crippen LogP contribution in [0.25, 0.3) is 0 Å². The maximum Gasteiger partial charge on any atom is 0.420 e. The highest BCUT2D eigenvalue weighted by Gasteiger charge is 2.50. The smallest absolute Gasteiger partial charge is 0.420 e. The molecule has 0 aromatic carbocycles. The van der Waals surface area contributed by atoms with Gasteiger partial charge in [-0.2, -0.15) is 26.3 Å². The third-order valence-corrected chi connectivity index (χ3v) is 1.88. The number of alkyl halides is 8. The molecule has 0 radical (unpaired) electrons. The van der Waals surface area contributed by atoms with E-state index in [1.54, 1.807) is 0 Å². The maximum atomic E-state index is 12.3. The van der Waals surface area contributed by atoms with Crippen molar-refractivity contribution in [2.75, 3.05) is 0 Å². The van der Waals surface area contributed by atoms with E-state index in [-0.39, 0.29) is 0 Å². The molecule has 1 heterocycles. The second kappa shape index (κ2) is 3.88. The molecule has 0 fully saturated rings. The van der Waals surface area contributed by atoms with Crippen LogP contribution in [0.3, 0.4) is 0 Å². The van der Waals surface area contributed by atoms with Gasteiger partial charge in [-0.1, -0.05) is 0 Å². The summed E-state index contributed by atoms with van der Waals surface area (Å²) in [5.74, 6) is -3.25. The van der Waals surface area contributed by atoms with Gasteiger partial charge in [0.1, 0.15) is 16.9 Å². The molecule has 1 aromatic rings. The fourth-order valence-electron chi connectivity index (χ4n) is 1.34. The van der Waals surface area contributed by atoms with Crippen molar-refractivity contribution >= 4 is 0 Å². The Bertz CT molecular complexity index is 410. The molecule has 1 nitrogen and oxygen atoms in total. The Morgan fingerprint density at radius 1 is 0.882 bits per heavy atom. The summed E-state index contributed by atoms with van der Waals surface area (Å²) in [5.41, 5.74) is -4.67. The second-order valence-corrected chi connectivity index (χ2v) is 3.07. The first-order chi connectivity index (χ1) is 7.46. The van der Waals surface area contributed by atoms with E-state index in [4.69, 9.17) is 0 Å². The minimum Gasteiger partial charge on any atom is -0.459 e. The van der Waals surface area contributed by atoms with Crippen LogP contribution in [0, 0.1) is 6.92 Å². The van der Waals surface area contributed by atoms with Gasteiger partial charge in [-0.05, 0) is 6.92 Å². The Kier molecular flexibility index (Phi) is 3.15. The molecule has 17 heavy (non-hydrogen) atoms. The number of hydrogen-bond acceptors (Lipinski definition) is 1. The van der Waals surface area contributed by atoms with E-state index in [1.165, 1.54) is 0 Å². The zero-order valence-electron chi connectivity index (χ0n) is 8.01. The quantitative estimate of drug-likeness (QED) is 0.680. The van der Waals surface area contributed by atoms with Crippen molar-refractivity contribution in [1.82, 2.24) is 0 Å². The van der Waals surface area contributed by atoms with Crippen LogP contribution in [0.4, 0.5) is 35.1 Å². The molecule has 0 saturated carbocycles. The minimum atomic E-state index is -5.56. The van der Waals surface area contributed by atoms with Crippen molar-refractivity contribution in [2.45, 2.75) is 25.7 Å². The molecule has 0 aliphatic rings.